The highest BCUT2D eigenvalue weighted by atomic mass is 16.5. The highest BCUT2D eigenvalue weighted by Crippen LogP contribution is 2.24. The van der Waals surface area contributed by atoms with Gasteiger partial charge in [0.05, 0.1) is 13.2 Å². The van der Waals surface area contributed by atoms with Crippen molar-refractivity contribution in [1.29, 1.82) is 0 Å². The Morgan fingerprint density at radius 2 is 0.933 bits per heavy atom. The molecule has 0 spiro atoms. The van der Waals surface area contributed by atoms with Gasteiger partial charge in [-0.15, -0.1) is 0 Å². The van der Waals surface area contributed by atoms with E-state index in [4.69, 9.17) is 18.9 Å². The fourth-order valence-corrected chi connectivity index (χ4v) is 2.73. The summed E-state index contributed by atoms with van der Waals surface area (Å²) in [5.74, 6) is 2.93. The summed E-state index contributed by atoms with van der Waals surface area (Å²) in [6.45, 7) is 12.7. The smallest absolute Gasteiger partial charge is 0.119 e. The summed E-state index contributed by atoms with van der Waals surface area (Å²) in [5.41, 5.74) is 2.30. The van der Waals surface area contributed by atoms with Gasteiger partial charge in [-0.3, -0.25) is 0 Å². The lowest BCUT2D eigenvalue weighted by molar-refractivity contribution is 0.0771. The molecule has 2 rings (SSSR count). The molecule has 0 fully saturated rings. The Balaban J connectivity index is 1.70. The van der Waals surface area contributed by atoms with Crippen LogP contribution in [-0.2, 0) is 9.47 Å². The number of ether oxygens (including phenoxy) is 4. The van der Waals surface area contributed by atoms with E-state index in [0.717, 1.165) is 48.7 Å². The van der Waals surface area contributed by atoms with Crippen molar-refractivity contribution in [3.8, 4) is 22.6 Å². The van der Waals surface area contributed by atoms with Crippen LogP contribution in [0.15, 0.2) is 48.5 Å². The minimum Gasteiger partial charge on any atom is -0.491 e. The predicted octanol–water partition coefficient (Wildman–Crippen LogP) is 6.24. The van der Waals surface area contributed by atoms with Crippen molar-refractivity contribution in [3.05, 3.63) is 48.5 Å². The maximum atomic E-state index is 5.76. The molecule has 0 aromatic heterocycles. The van der Waals surface area contributed by atoms with Gasteiger partial charge in [-0.25, -0.2) is 0 Å². The van der Waals surface area contributed by atoms with Crippen LogP contribution < -0.4 is 9.47 Å². The zero-order valence-corrected chi connectivity index (χ0v) is 19.1. The van der Waals surface area contributed by atoms with E-state index in [-0.39, 0.29) is 0 Å². The molecular weight excluding hydrogens is 376 g/mol. The van der Waals surface area contributed by atoms with Crippen molar-refractivity contribution in [1.82, 2.24) is 0 Å². The second-order valence-corrected chi connectivity index (χ2v) is 7.92. The molecule has 0 heterocycles. The molecule has 2 atom stereocenters. The minimum absolute atomic E-state index is 0.572. The first-order chi connectivity index (χ1) is 14.6. The number of hydrogen-bond donors (Lipinski definition) is 0. The van der Waals surface area contributed by atoms with Crippen molar-refractivity contribution < 1.29 is 18.9 Å². The van der Waals surface area contributed by atoms with Crippen LogP contribution in [0, 0.1) is 11.8 Å². The lowest BCUT2D eigenvalue weighted by Gasteiger charge is -2.11. The SMILES string of the molecule is CC[C@H](C)COCCOc1ccc(-c2ccc(OCCOC[C@@H](C)CC)cc2)cc1. The van der Waals surface area contributed by atoms with Gasteiger partial charge in [0, 0.05) is 13.2 Å². The Morgan fingerprint density at radius 1 is 0.567 bits per heavy atom. The second kappa shape index (κ2) is 14.1. The van der Waals surface area contributed by atoms with Crippen LogP contribution in [0.2, 0.25) is 0 Å². The fourth-order valence-electron chi connectivity index (χ4n) is 2.73. The summed E-state index contributed by atoms with van der Waals surface area (Å²) in [5, 5.41) is 0. The number of rotatable bonds is 15. The van der Waals surface area contributed by atoms with E-state index in [9.17, 15) is 0 Å². The topological polar surface area (TPSA) is 36.9 Å². The Bertz CT molecular complexity index is 620. The normalized spacial score (nSPS) is 13.1. The molecule has 166 valence electrons. The van der Waals surface area contributed by atoms with Crippen LogP contribution in [0.1, 0.15) is 40.5 Å². The molecule has 0 bridgehead atoms. The van der Waals surface area contributed by atoms with Gasteiger partial charge in [0.2, 0.25) is 0 Å². The number of benzene rings is 2. The maximum Gasteiger partial charge on any atom is 0.119 e. The third-order valence-corrected chi connectivity index (χ3v) is 5.23. The predicted molar refractivity (Wildman–Crippen MR) is 123 cm³/mol. The van der Waals surface area contributed by atoms with E-state index in [1.165, 1.54) is 0 Å². The van der Waals surface area contributed by atoms with Gasteiger partial charge in [-0.2, -0.15) is 0 Å². The zero-order valence-electron chi connectivity index (χ0n) is 19.1. The van der Waals surface area contributed by atoms with Gasteiger partial charge >= 0.3 is 0 Å². The van der Waals surface area contributed by atoms with Crippen LogP contribution in [0.25, 0.3) is 11.1 Å². The van der Waals surface area contributed by atoms with E-state index >= 15 is 0 Å². The Hall–Kier alpha value is -2.04. The molecule has 2 aromatic rings. The molecular formula is C26H38O4. The zero-order chi connectivity index (χ0) is 21.6. The van der Waals surface area contributed by atoms with Gasteiger partial charge in [0.15, 0.2) is 0 Å². The second-order valence-electron chi connectivity index (χ2n) is 7.92. The van der Waals surface area contributed by atoms with Crippen LogP contribution >= 0.6 is 0 Å². The monoisotopic (exact) mass is 414 g/mol. The third-order valence-electron chi connectivity index (χ3n) is 5.23. The molecule has 0 radical (unpaired) electrons. The summed E-state index contributed by atoms with van der Waals surface area (Å²) < 4.78 is 22.8. The standard InChI is InChI=1S/C26H38O4/c1-5-21(3)19-27-15-17-29-25-11-7-23(8-12-25)24-9-13-26(14-10-24)30-18-16-28-20-22(4)6-2/h7-14,21-22H,5-6,15-20H2,1-4H3/t21-,22-/m0/s1. The molecule has 30 heavy (non-hydrogen) atoms. The molecule has 0 aliphatic heterocycles. The lowest BCUT2D eigenvalue weighted by atomic mass is 10.1. The molecule has 0 unspecified atom stereocenters. The van der Waals surface area contributed by atoms with Gasteiger partial charge in [-0.1, -0.05) is 64.8 Å². The van der Waals surface area contributed by atoms with Gasteiger partial charge in [-0.05, 0) is 47.2 Å². The largest absolute Gasteiger partial charge is 0.491 e. The van der Waals surface area contributed by atoms with E-state index < -0.39 is 0 Å². The summed E-state index contributed by atoms with van der Waals surface area (Å²) >= 11 is 0. The van der Waals surface area contributed by atoms with Crippen molar-refractivity contribution in [2.24, 2.45) is 11.8 Å². The first kappa shape index (κ1) is 24.2. The maximum absolute atomic E-state index is 5.76. The van der Waals surface area contributed by atoms with Gasteiger partial charge in [0.1, 0.15) is 24.7 Å². The minimum atomic E-state index is 0.572. The van der Waals surface area contributed by atoms with E-state index in [1.807, 2.05) is 24.3 Å². The molecule has 0 aliphatic carbocycles. The van der Waals surface area contributed by atoms with Gasteiger partial charge in [0.25, 0.3) is 0 Å². The van der Waals surface area contributed by atoms with Crippen molar-refractivity contribution in [2.75, 3.05) is 39.6 Å². The highest BCUT2D eigenvalue weighted by Gasteiger charge is 2.02. The van der Waals surface area contributed by atoms with Crippen molar-refractivity contribution in [3.63, 3.8) is 0 Å². The van der Waals surface area contributed by atoms with Crippen molar-refractivity contribution in [2.45, 2.75) is 40.5 Å². The molecule has 2 aromatic carbocycles. The average Bonchev–Trinajstić information content (AvgIpc) is 2.79. The summed E-state index contributed by atoms with van der Waals surface area (Å²) in [7, 11) is 0. The molecule has 0 saturated heterocycles. The van der Waals surface area contributed by atoms with Crippen LogP contribution in [-0.4, -0.2) is 39.6 Å². The summed E-state index contributed by atoms with van der Waals surface area (Å²) in [4.78, 5) is 0. The molecule has 0 aliphatic rings. The molecule has 4 nitrogen and oxygen atoms in total. The first-order valence-corrected chi connectivity index (χ1v) is 11.2. The fraction of sp³-hybridized carbons (Fsp3) is 0.538. The molecule has 0 saturated carbocycles. The number of hydrogen-bond acceptors (Lipinski definition) is 4. The first-order valence-electron chi connectivity index (χ1n) is 11.2. The van der Waals surface area contributed by atoms with Crippen LogP contribution in [0.4, 0.5) is 0 Å². The van der Waals surface area contributed by atoms with Gasteiger partial charge < -0.3 is 18.9 Å². The average molecular weight is 415 g/mol. The quantitative estimate of drug-likeness (QED) is 0.323. The van der Waals surface area contributed by atoms with E-state index in [0.29, 0.717) is 38.3 Å². The lowest BCUT2D eigenvalue weighted by Crippen LogP contribution is -2.11. The van der Waals surface area contributed by atoms with Crippen molar-refractivity contribution >= 4 is 0 Å². The Kier molecular flexibility index (Phi) is 11.3. The Morgan fingerprint density at radius 3 is 1.27 bits per heavy atom. The Labute approximate surface area is 182 Å². The molecule has 0 amide bonds. The molecule has 0 N–H and O–H groups in total. The van der Waals surface area contributed by atoms with Crippen LogP contribution in [0.5, 0.6) is 11.5 Å². The summed E-state index contributed by atoms with van der Waals surface area (Å²) in [6, 6.07) is 16.3. The third kappa shape index (κ3) is 9.19. The highest BCUT2D eigenvalue weighted by molar-refractivity contribution is 5.64. The van der Waals surface area contributed by atoms with E-state index in [2.05, 4.69) is 52.0 Å². The molecule has 4 heteroatoms. The van der Waals surface area contributed by atoms with Crippen LogP contribution in [0.3, 0.4) is 0 Å². The summed E-state index contributed by atoms with van der Waals surface area (Å²) in [6.07, 6.45) is 2.28. The van der Waals surface area contributed by atoms with E-state index in [1.54, 1.807) is 0 Å².